The van der Waals surface area contributed by atoms with Gasteiger partial charge in [-0.2, -0.15) is 4.98 Å². The first kappa shape index (κ1) is 14.5. The lowest BCUT2D eigenvalue weighted by Gasteiger charge is -2.45. The molecule has 2 aromatic heterocycles. The average Bonchev–Trinajstić information content (AvgIpc) is 2.80. The van der Waals surface area contributed by atoms with Crippen molar-refractivity contribution in [3.8, 4) is 0 Å². The number of aryl methyl sites for hydroxylation is 1. The fourth-order valence-corrected chi connectivity index (χ4v) is 3.67. The molecule has 0 saturated carbocycles. The average molecular weight is 305 g/mol. The summed E-state index contributed by atoms with van der Waals surface area (Å²) in [6.07, 6.45) is 0. The molecule has 0 amide bonds. The Balaban J connectivity index is 2.07. The Hall–Kier alpha value is -1.40. The van der Waals surface area contributed by atoms with Gasteiger partial charge >= 0.3 is 0 Å². The second-order valence-electron chi connectivity index (χ2n) is 6.35. The third-order valence-electron chi connectivity index (χ3n) is 4.34. The fourth-order valence-electron chi connectivity index (χ4n) is 2.80. The van der Waals surface area contributed by atoms with E-state index < -0.39 is 0 Å². The molecule has 0 spiro atoms. The molecule has 3 heterocycles. The number of thiophene rings is 1. The first-order chi connectivity index (χ1) is 9.90. The zero-order chi connectivity index (χ0) is 15.2. The van der Waals surface area contributed by atoms with Gasteiger partial charge in [0.2, 0.25) is 5.95 Å². The number of aromatic nitrogens is 2. The predicted molar refractivity (Wildman–Crippen MR) is 90.6 cm³/mol. The van der Waals surface area contributed by atoms with E-state index in [9.17, 15) is 0 Å². The van der Waals surface area contributed by atoms with E-state index in [1.54, 1.807) is 11.3 Å². The fraction of sp³-hybridized carbons (Fsp3) is 0.600. The van der Waals surface area contributed by atoms with Gasteiger partial charge in [-0.25, -0.2) is 4.98 Å². The van der Waals surface area contributed by atoms with Crippen LogP contribution in [0.4, 0.5) is 11.8 Å². The van der Waals surface area contributed by atoms with Crippen LogP contribution in [0.1, 0.15) is 18.7 Å². The molecule has 1 fully saturated rings. The highest BCUT2D eigenvalue weighted by Crippen LogP contribution is 2.33. The summed E-state index contributed by atoms with van der Waals surface area (Å²) >= 11 is 1.73. The third kappa shape index (κ3) is 2.58. The molecular formula is C15H23N5S. The number of hydrogen-bond acceptors (Lipinski definition) is 6. The Morgan fingerprint density at radius 1 is 1.29 bits per heavy atom. The van der Waals surface area contributed by atoms with Crippen molar-refractivity contribution < 1.29 is 0 Å². The number of hydrogen-bond donors (Lipinski definition) is 1. The number of nitrogens with one attached hydrogen (secondary N) is 1. The van der Waals surface area contributed by atoms with Crippen LogP contribution in [0, 0.1) is 6.92 Å². The van der Waals surface area contributed by atoms with Crippen LogP contribution in [-0.4, -0.2) is 54.1 Å². The number of nitrogens with zero attached hydrogens (tertiary/aromatic N) is 4. The molecule has 0 unspecified atom stereocenters. The summed E-state index contributed by atoms with van der Waals surface area (Å²) in [6.45, 7) is 9.74. The van der Waals surface area contributed by atoms with Crippen LogP contribution in [0.5, 0.6) is 0 Å². The van der Waals surface area contributed by atoms with Gasteiger partial charge < -0.3 is 10.2 Å². The number of fused-ring (bicyclic) bond motifs is 1. The lowest BCUT2D eigenvalue weighted by atomic mass is 9.99. The minimum absolute atomic E-state index is 0.153. The van der Waals surface area contributed by atoms with Crippen molar-refractivity contribution in [3.63, 3.8) is 0 Å². The van der Waals surface area contributed by atoms with Gasteiger partial charge in [-0.3, -0.25) is 4.90 Å². The normalized spacial score (nSPS) is 19.2. The first-order valence-electron chi connectivity index (χ1n) is 7.33. The molecule has 1 aliphatic heterocycles. The number of anilines is 2. The topological polar surface area (TPSA) is 44.3 Å². The molecular weight excluding hydrogens is 282 g/mol. The maximum atomic E-state index is 4.74. The van der Waals surface area contributed by atoms with E-state index in [1.165, 1.54) is 10.3 Å². The zero-order valence-electron chi connectivity index (χ0n) is 13.4. The summed E-state index contributed by atoms with van der Waals surface area (Å²) in [5, 5.41) is 4.26. The maximum Gasteiger partial charge on any atom is 0.225 e. The summed E-state index contributed by atoms with van der Waals surface area (Å²) in [5.41, 5.74) is 0.153. The molecule has 0 aromatic carbocycles. The summed E-state index contributed by atoms with van der Waals surface area (Å²) in [5.74, 6) is 1.77. The summed E-state index contributed by atoms with van der Waals surface area (Å²) in [7, 11) is 4.07. The van der Waals surface area contributed by atoms with Crippen molar-refractivity contribution in [1.82, 2.24) is 14.9 Å². The lowest BCUT2D eigenvalue weighted by Crippen LogP contribution is -2.57. The monoisotopic (exact) mass is 305 g/mol. The Morgan fingerprint density at radius 3 is 2.71 bits per heavy atom. The van der Waals surface area contributed by atoms with Crippen LogP contribution in [0.3, 0.4) is 0 Å². The molecule has 1 saturated heterocycles. The van der Waals surface area contributed by atoms with Gasteiger partial charge in [0, 0.05) is 37.1 Å². The van der Waals surface area contributed by atoms with E-state index >= 15 is 0 Å². The molecule has 0 radical (unpaired) electrons. The van der Waals surface area contributed by atoms with Gasteiger partial charge in [0.1, 0.15) is 10.6 Å². The SMILES string of the molecule is CNc1nc(N2CCN(C)C(C)(C)C2)c2cc(C)sc2n1. The Kier molecular flexibility index (Phi) is 3.53. The van der Waals surface area contributed by atoms with Gasteiger partial charge in [-0.15, -0.1) is 11.3 Å². The molecule has 114 valence electrons. The minimum Gasteiger partial charge on any atom is -0.357 e. The smallest absolute Gasteiger partial charge is 0.225 e. The summed E-state index contributed by atoms with van der Waals surface area (Å²) in [4.78, 5) is 16.5. The number of likely N-dealkylation sites (N-methyl/N-ethyl adjacent to an activating group) is 1. The van der Waals surface area contributed by atoms with Crippen molar-refractivity contribution in [2.45, 2.75) is 26.3 Å². The van der Waals surface area contributed by atoms with E-state index in [2.05, 4.69) is 54.0 Å². The predicted octanol–water partition coefficient (Wildman–Crippen LogP) is 2.57. The van der Waals surface area contributed by atoms with E-state index in [4.69, 9.17) is 4.98 Å². The van der Waals surface area contributed by atoms with Crippen LogP contribution < -0.4 is 10.2 Å². The maximum absolute atomic E-state index is 4.74. The van der Waals surface area contributed by atoms with E-state index in [0.29, 0.717) is 5.95 Å². The van der Waals surface area contributed by atoms with Crippen molar-refractivity contribution in [2.75, 3.05) is 43.9 Å². The zero-order valence-corrected chi connectivity index (χ0v) is 14.2. The molecule has 0 aliphatic carbocycles. The number of piperazine rings is 1. The Labute approximate surface area is 130 Å². The highest BCUT2D eigenvalue weighted by atomic mass is 32.1. The summed E-state index contributed by atoms with van der Waals surface area (Å²) < 4.78 is 0. The number of rotatable bonds is 2. The standard InChI is InChI=1S/C15H23N5S/c1-10-8-11-12(17-14(16-4)18-13(11)21-10)20-7-6-19(5)15(2,3)9-20/h8H,6-7,9H2,1-5H3,(H,16,17,18). The van der Waals surface area contributed by atoms with Crippen LogP contribution in [0.15, 0.2) is 6.07 Å². The van der Waals surface area contributed by atoms with Crippen LogP contribution in [0.25, 0.3) is 10.2 Å². The van der Waals surface area contributed by atoms with Crippen LogP contribution >= 0.6 is 11.3 Å². The highest BCUT2D eigenvalue weighted by Gasteiger charge is 2.32. The Morgan fingerprint density at radius 2 is 2.05 bits per heavy atom. The molecule has 1 N–H and O–H groups in total. The second kappa shape index (κ2) is 5.10. The molecule has 21 heavy (non-hydrogen) atoms. The molecule has 1 aliphatic rings. The van der Waals surface area contributed by atoms with Gasteiger partial charge in [0.25, 0.3) is 0 Å². The summed E-state index contributed by atoms with van der Waals surface area (Å²) in [6, 6.07) is 2.21. The van der Waals surface area contributed by atoms with Gasteiger partial charge in [-0.1, -0.05) is 0 Å². The second-order valence-corrected chi connectivity index (χ2v) is 7.59. The molecule has 3 rings (SSSR count). The van der Waals surface area contributed by atoms with Gasteiger partial charge in [-0.05, 0) is 33.9 Å². The molecule has 2 aromatic rings. The Bertz CT molecular complexity index is 663. The quantitative estimate of drug-likeness (QED) is 0.924. The van der Waals surface area contributed by atoms with E-state index in [-0.39, 0.29) is 5.54 Å². The van der Waals surface area contributed by atoms with Crippen LogP contribution in [-0.2, 0) is 0 Å². The van der Waals surface area contributed by atoms with E-state index in [0.717, 1.165) is 30.3 Å². The first-order valence-corrected chi connectivity index (χ1v) is 8.14. The molecule has 5 nitrogen and oxygen atoms in total. The minimum atomic E-state index is 0.153. The molecule has 6 heteroatoms. The highest BCUT2D eigenvalue weighted by molar-refractivity contribution is 7.18. The molecule has 0 bridgehead atoms. The van der Waals surface area contributed by atoms with Crippen molar-refractivity contribution >= 4 is 33.3 Å². The van der Waals surface area contributed by atoms with Crippen LogP contribution in [0.2, 0.25) is 0 Å². The van der Waals surface area contributed by atoms with Gasteiger partial charge in [0.05, 0.1) is 5.39 Å². The molecule has 0 atom stereocenters. The van der Waals surface area contributed by atoms with Crippen molar-refractivity contribution in [2.24, 2.45) is 0 Å². The van der Waals surface area contributed by atoms with Crippen molar-refractivity contribution in [3.05, 3.63) is 10.9 Å². The van der Waals surface area contributed by atoms with Gasteiger partial charge in [0.15, 0.2) is 0 Å². The van der Waals surface area contributed by atoms with E-state index in [1.807, 2.05) is 7.05 Å². The largest absolute Gasteiger partial charge is 0.357 e. The van der Waals surface area contributed by atoms with Crippen molar-refractivity contribution in [1.29, 1.82) is 0 Å². The third-order valence-corrected chi connectivity index (χ3v) is 5.28. The lowest BCUT2D eigenvalue weighted by molar-refractivity contribution is 0.138.